The minimum absolute atomic E-state index is 0.494. The fourth-order valence-corrected chi connectivity index (χ4v) is 9.35. The Hall–Kier alpha value is -8.61. The normalized spacial score (nSPS) is 11.8. The number of benzene rings is 9. The maximum Gasteiger partial charge on any atom is 0.238 e. The molecular weight excluding hydrogens is 773 g/mol. The summed E-state index contributed by atoms with van der Waals surface area (Å²) in [7, 11) is 0. The van der Waals surface area contributed by atoms with Crippen LogP contribution in [0.4, 0.5) is 0 Å². The van der Waals surface area contributed by atoms with E-state index in [0.29, 0.717) is 17.6 Å². The summed E-state index contributed by atoms with van der Waals surface area (Å²) in [5.41, 5.74) is 13.3. The summed E-state index contributed by atoms with van der Waals surface area (Å²) in [4.78, 5) is 16.2. The van der Waals surface area contributed by atoms with Crippen LogP contribution in [0.25, 0.3) is 128 Å². The maximum absolute atomic E-state index is 6.66. The van der Waals surface area contributed by atoms with Gasteiger partial charge in [-0.2, -0.15) is 9.97 Å². The molecule has 0 saturated heterocycles. The highest BCUT2D eigenvalue weighted by molar-refractivity contribution is 6.23. The Morgan fingerprint density at radius 2 is 0.857 bits per heavy atom. The summed E-state index contributed by atoms with van der Waals surface area (Å²) < 4.78 is 15.4. The molecule has 0 atom stereocenters. The van der Waals surface area contributed by atoms with E-state index in [-0.39, 0.29) is 0 Å². The van der Waals surface area contributed by atoms with Gasteiger partial charge < -0.3 is 8.83 Å². The van der Waals surface area contributed by atoms with Gasteiger partial charge in [-0.25, -0.2) is 4.98 Å². The van der Waals surface area contributed by atoms with Gasteiger partial charge in [0.15, 0.2) is 11.6 Å². The van der Waals surface area contributed by atoms with Crippen LogP contribution in [-0.2, 0) is 0 Å². The highest BCUT2D eigenvalue weighted by Gasteiger charge is 2.23. The quantitative estimate of drug-likeness (QED) is 0.167. The fourth-order valence-electron chi connectivity index (χ4n) is 9.35. The van der Waals surface area contributed by atoms with Crippen LogP contribution in [0, 0.1) is 0 Å². The zero-order valence-electron chi connectivity index (χ0n) is 33.7. The minimum Gasteiger partial charge on any atom is -0.456 e. The second kappa shape index (κ2) is 14.0. The van der Waals surface area contributed by atoms with Gasteiger partial charge in [0.1, 0.15) is 22.3 Å². The van der Waals surface area contributed by atoms with Crippen LogP contribution in [0.1, 0.15) is 0 Å². The number of fused-ring (bicyclic) bond motifs is 10. The molecule has 0 saturated carbocycles. The first-order chi connectivity index (χ1) is 31.2. The molecule has 0 fully saturated rings. The number of hydrogen-bond donors (Lipinski definition) is 0. The lowest BCUT2D eigenvalue weighted by Gasteiger charge is -2.14. The van der Waals surface area contributed by atoms with Crippen LogP contribution in [-0.4, -0.2) is 19.5 Å². The van der Waals surface area contributed by atoms with E-state index in [1.807, 2.05) is 42.5 Å². The molecule has 0 N–H and O–H groups in total. The van der Waals surface area contributed by atoms with E-state index in [4.69, 9.17) is 23.8 Å². The lowest BCUT2D eigenvalue weighted by Crippen LogP contribution is -2.06. The van der Waals surface area contributed by atoms with Crippen LogP contribution < -0.4 is 0 Å². The van der Waals surface area contributed by atoms with Gasteiger partial charge >= 0.3 is 0 Å². The smallest absolute Gasteiger partial charge is 0.238 e. The van der Waals surface area contributed by atoms with Gasteiger partial charge in [0, 0.05) is 38.1 Å². The van der Waals surface area contributed by atoms with Crippen molar-refractivity contribution in [2.24, 2.45) is 0 Å². The molecule has 4 aromatic heterocycles. The Morgan fingerprint density at radius 3 is 1.54 bits per heavy atom. The number of aromatic nitrogens is 4. The van der Waals surface area contributed by atoms with Crippen molar-refractivity contribution in [3.05, 3.63) is 206 Å². The first-order valence-corrected chi connectivity index (χ1v) is 21.1. The third-order valence-electron chi connectivity index (χ3n) is 12.2. The van der Waals surface area contributed by atoms with Gasteiger partial charge in [0.2, 0.25) is 5.95 Å². The van der Waals surface area contributed by atoms with Gasteiger partial charge in [-0.3, -0.25) is 4.57 Å². The summed E-state index contributed by atoms with van der Waals surface area (Å²) in [6.45, 7) is 0. The second-order valence-electron chi connectivity index (χ2n) is 16.0. The predicted molar refractivity (Wildman–Crippen MR) is 256 cm³/mol. The Labute approximate surface area is 361 Å². The molecular formula is C57H34N4O2. The standard InChI is InChI=1S/C57H34N4O2/c1-4-16-35(17-5-1)38-30-39(36-18-6-2-7-19-36)32-40(31-38)55-58-56(41-33-46(37-20-8-3-9-21-37)52-45-24-12-15-27-50(45)62-51(52)34-41)60-57(59-55)61-47-25-13-10-23-44(47)53-48(61)29-28-43-42-22-11-14-26-49(42)63-54(43)53/h1-34H. The van der Waals surface area contributed by atoms with E-state index in [1.165, 1.54) is 0 Å². The van der Waals surface area contributed by atoms with Crippen molar-refractivity contribution in [1.82, 2.24) is 19.5 Å². The van der Waals surface area contributed by atoms with E-state index in [9.17, 15) is 0 Å². The number of furan rings is 2. The zero-order chi connectivity index (χ0) is 41.4. The lowest BCUT2D eigenvalue weighted by atomic mass is 9.95. The number of para-hydroxylation sites is 3. The summed E-state index contributed by atoms with van der Waals surface area (Å²) >= 11 is 0. The molecule has 0 spiro atoms. The zero-order valence-corrected chi connectivity index (χ0v) is 33.7. The second-order valence-corrected chi connectivity index (χ2v) is 16.0. The van der Waals surface area contributed by atoms with E-state index in [2.05, 4.69) is 168 Å². The SMILES string of the molecule is c1ccc(-c2cc(-c3ccccc3)cc(-c3nc(-c4cc(-c5ccccc5)c5c(c4)oc4ccccc45)nc(-n4c5ccccc5c5c6oc7ccccc7c6ccc54)n3)c2)cc1. The molecule has 0 aliphatic rings. The molecule has 9 aromatic carbocycles. The number of rotatable bonds is 6. The molecule has 294 valence electrons. The van der Waals surface area contributed by atoms with Crippen LogP contribution >= 0.6 is 0 Å². The molecule has 0 aliphatic heterocycles. The fraction of sp³-hybridized carbons (Fsp3) is 0. The molecule has 0 unspecified atom stereocenters. The first kappa shape index (κ1) is 35.2. The Bertz CT molecular complexity index is 3850. The van der Waals surface area contributed by atoms with E-state index in [1.54, 1.807) is 0 Å². The third-order valence-corrected chi connectivity index (χ3v) is 12.2. The molecule has 0 radical (unpaired) electrons. The van der Waals surface area contributed by atoms with Crippen LogP contribution in [0.5, 0.6) is 0 Å². The van der Waals surface area contributed by atoms with Gasteiger partial charge in [0.25, 0.3) is 0 Å². The summed E-state index contributed by atoms with van der Waals surface area (Å²) in [6, 6.07) is 71.5. The molecule has 0 aliphatic carbocycles. The van der Waals surface area contributed by atoms with Crippen molar-refractivity contribution in [3.63, 3.8) is 0 Å². The van der Waals surface area contributed by atoms with Crippen LogP contribution in [0.15, 0.2) is 215 Å². The Kier molecular flexibility index (Phi) is 7.80. The highest BCUT2D eigenvalue weighted by Crippen LogP contribution is 2.43. The third kappa shape index (κ3) is 5.69. The van der Waals surface area contributed by atoms with Crippen molar-refractivity contribution < 1.29 is 8.83 Å². The van der Waals surface area contributed by atoms with Gasteiger partial charge in [-0.05, 0) is 94.0 Å². The van der Waals surface area contributed by atoms with E-state index < -0.39 is 0 Å². The molecule has 6 nitrogen and oxygen atoms in total. The van der Waals surface area contributed by atoms with Crippen molar-refractivity contribution >= 4 is 65.7 Å². The average Bonchev–Trinajstić information content (AvgIpc) is 4.04. The first-order valence-electron chi connectivity index (χ1n) is 21.1. The molecule has 63 heavy (non-hydrogen) atoms. The maximum atomic E-state index is 6.66. The molecule has 0 bridgehead atoms. The Balaban J connectivity index is 1.12. The highest BCUT2D eigenvalue weighted by atomic mass is 16.3. The van der Waals surface area contributed by atoms with Crippen molar-refractivity contribution in [3.8, 4) is 62.1 Å². The predicted octanol–water partition coefficient (Wildman–Crippen LogP) is 15.1. The summed E-state index contributed by atoms with van der Waals surface area (Å²) in [5.74, 6) is 1.57. The topological polar surface area (TPSA) is 69.9 Å². The van der Waals surface area contributed by atoms with E-state index in [0.717, 1.165) is 110 Å². The van der Waals surface area contributed by atoms with Crippen LogP contribution in [0.3, 0.4) is 0 Å². The number of hydrogen-bond acceptors (Lipinski definition) is 5. The average molecular weight is 807 g/mol. The van der Waals surface area contributed by atoms with Gasteiger partial charge in [-0.15, -0.1) is 0 Å². The minimum atomic E-state index is 0.494. The lowest BCUT2D eigenvalue weighted by molar-refractivity contribution is 0.669. The molecule has 0 amide bonds. The van der Waals surface area contributed by atoms with Gasteiger partial charge in [-0.1, -0.05) is 146 Å². The molecule has 13 aromatic rings. The van der Waals surface area contributed by atoms with Gasteiger partial charge in [0.05, 0.1) is 16.4 Å². The monoisotopic (exact) mass is 806 g/mol. The van der Waals surface area contributed by atoms with Crippen molar-refractivity contribution in [1.29, 1.82) is 0 Å². The molecule has 4 heterocycles. The molecule has 13 rings (SSSR count). The summed E-state index contributed by atoms with van der Waals surface area (Å²) in [5, 5.41) is 6.32. The van der Waals surface area contributed by atoms with Crippen molar-refractivity contribution in [2.75, 3.05) is 0 Å². The summed E-state index contributed by atoms with van der Waals surface area (Å²) in [6.07, 6.45) is 0. The number of nitrogens with zero attached hydrogens (tertiary/aromatic N) is 4. The molecule has 6 heteroatoms. The van der Waals surface area contributed by atoms with Crippen LogP contribution in [0.2, 0.25) is 0 Å². The Morgan fingerprint density at radius 1 is 0.317 bits per heavy atom. The van der Waals surface area contributed by atoms with E-state index >= 15 is 0 Å². The largest absolute Gasteiger partial charge is 0.456 e. The van der Waals surface area contributed by atoms with Crippen molar-refractivity contribution in [2.45, 2.75) is 0 Å².